The number of nitrogens with one attached hydrogen (secondary N) is 2. The summed E-state index contributed by atoms with van der Waals surface area (Å²) in [5.74, 6) is 3.85. The van der Waals surface area contributed by atoms with Crippen LogP contribution >= 0.6 is 24.0 Å². The van der Waals surface area contributed by atoms with Gasteiger partial charge in [0.2, 0.25) is 5.89 Å². The van der Waals surface area contributed by atoms with Crippen LogP contribution in [0, 0.1) is 0 Å². The topological polar surface area (TPSA) is 93.8 Å². The van der Waals surface area contributed by atoms with Gasteiger partial charge in [0.25, 0.3) is 0 Å². The molecule has 0 saturated heterocycles. The Morgan fingerprint density at radius 3 is 2.61 bits per heavy atom. The molecular weight excluding hydrogens is 473 g/mol. The first kappa shape index (κ1) is 24.0. The maximum Gasteiger partial charge on any atom is 0.228 e. The fourth-order valence-electron chi connectivity index (χ4n) is 2.30. The summed E-state index contributed by atoms with van der Waals surface area (Å²) >= 11 is 0. The summed E-state index contributed by atoms with van der Waals surface area (Å²) in [6.45, 7) is 7.31. The summed E-state index contributed by atoms with van der Waals surface area (Å²) in [4.78, 5) is 8.57. The lowest BCUT2D eigenvalue weighted by atomic mass is 10.2. The third kappa shape index (κ3) is 7.91. The van der Waals surface area contributed by atoms with Crippen molar-refractivity contribution in [2.75, 3.05) is 27.2 Å². The zero-order chi connectivity index (χ0) is 19.6. The molecule has 0 aliphatic carbocycles. The molecule has 0 spiro atoms. The van der Waals surface area contributed by atoms with Gasteiger partial charge in [-0.1, -0.05) is 25.1 Å². The van der Waals surface area contributed by atoms with Gasteiger partial charge in [0.15, 0.2) is 11.8 Å². The van der Waals surface area contributed by atoms with Crippen molar-refractivity contribution in [3.8, 4) is 11.5 Å². The van der Waals surface area contributed by atoms with E-state index in [2.05, 4.69) is 25.8 Å². The molecule has 2 rings (SSSR count). The van der Waals surface area contributed by atoms with Crippen molar-refractivity contribution in [3.63, 3.8) is 0 Å². The van der Waals surface area contributed by atoms with E-state index in [0.717, 1.165) is 17.3 Å². The lowest BCUT2D eigenvalue weighted by Crippen LogP contribution is -2.42. The van der Waals surface area contributed by atoms with Gasteiger partial charge in [-0.25, -0.2) is 0 Å². The van der Waals surface area contributed by atoms with Gasteiger partial charge in [-0.15, -0.1) is 24.0 Å². The molecule has 1 atom stereocenters. The van der Waals surface area contributed by atoms with Crippen LogP contribution in [0.25, 0.3) is 0 Å². The Kier molecular flexibility index (Phi) is 10.6. The predicted molar refractivity (Wildman–Crippen MR) is 120 cm³/mol. The highest BCUT2D eigenvalue weighted by molar-refractivity contribution is 14.0. The van der Waals surface area contributed by atoms with Crippen LogP contribution in [0.4, 0.5) is 0 Å². The summed E-state index contributed by atoms with van der Waals surface area (Å²) in [6, 6.07) is 7.55. The first-order chi connectivity index (χ1) is 13.0. The molecular formula is C19H30IN5O3. The molecule has 28 heavy (non-hydrogen) atoms. The number of halogens is 1. The maximum atomic E-state index is 5.89. The summed E-state index contributed by atoms with van der Waals surface area (Å²) in [6.07, 6.45) is 0.594. The van der Waals surface area contributed by atoms with Crippen molar-refractivity contribution in [1.29, 1.82) is 0 Å². The van der Waals surface area contributed by atoms with Gasteiger partial charge < -0.3 is 24.6 Å². The Hall–Kier alpha value is -2.04. The second-order valence-electron chi connectivity index (χ2n) is 6.44. The van der Waals surface area contributed by atoms with Gasteiger partial charge >= 0.3 is 0 Å². The molecule has 1 heterocycles. The smallest absolute Gasteiger partial charge is 0.228 e. The van der Waals surface area contributed by atoms with E-state index in [0.29, 0.717) is 31.4 Å². The van der Waals surface area contributed by atoms with Crippen LogP contribution in [0.2, 0.25) is 0 Å². The third-order valence-corrected chi connectivity index (χ3v) is 3.79. The van der Waals surface area contributed by atoms with E-state index in [1.54, 1.807) is 14.2 Å². The second kappa shape index (κ2) is 12.4. The van der Waals surface area contributed by atoms with Crippen LogP contribution < -0.4 is 20.1 Å². The average molecular weight is 503 g/mol. The van der Waals surface area contributed by atoms with Gasteiger partial charge in [0.05, 0.1) is 13.7 Å². The number of hydrogen-bond acceptors (Lipinski definition) is 6. The van der Waals surface area contributed by atoms with Crippen LogP contribution in [-0.2, 0) is 6.42 Å². The van der Waals surface area contributed by atoms with E-state index in [4.69, 9.17) is 14.0 Å². The van der Waals surface area contributed by atoms with E-state index in [1.165, 1.54) is 0 Å². The number of aliphatic imine (C=N–C) groups is 1. The lowest BCUT2D eigenvalue weighted by molar-refractivity contribution is 0.223. The molecule has 156 valence electrons. The Bertz CT molecular complexity index is 736. The minimum absolute atomic E-state index is 0. The average Bonchev–Trinajstić information content (AvgIpc) is 3.14. The Labute approximate surface area is 183 Å². The normalized spacial score (nSPS) is 12.3. The number of nitrogens with zero attached hydrogens (tertiary/aromatic N) is 3. The Morgan fingerprint density at radius 1 is 1.21 bits per heavy atom. The van der Waals surface area contributed by atoms with Crippen LogP contribution in [-0.4, -0.2) is 49.5 Å². The first-order valence-electron chi connectivity index (χ1n) is 9.09. The van der Waals surface area contributed by atoms with E-state index in [1.807, 2.05) is 45.0 Å². The maximum absolute atomic E-state index is 5.89. The molecule has 0 aliphatic rings. The fraction of sp³-hybridized carbons (Fsp3) is 0.526. The molecule has 2 N–H and O–H groups in total. The molecule has 1 unspecified atom stereocenters. The molecule has 1 aromatic heterocycles. The fourth-order valence-corrected chi connectivity index (χ4v) is 2.30. The molecule has 8 nitrogen and oxygen atoms in total. The van der Waals surface area contributed by atoms with E-state index < -0.39 is 0 Å². The lowest BCUT2D eigenvalue weighted by Gasteiger charge is -2.18. The van der Waals surface area contributed by atoms with Crippen molar-refractivity contribution in [2.45, 2.75) is 39.2 Å². The van der Waals surface area contributed by atoms with E-state index >= 15 is 0 Å². The van der Waals surface area contributed by atoms with Crippen LogP contribution in [0.1, 0.15) is 38.4 Å². The number of rotatable bonds is 9. The predicted octanol–water partition coefficient (Wildman–Crippen LogP) is 2.99. The SMILES string of the molecule is CN=C(NCCc1nc(C(C)C)no1)NCC(C)Oc1cccc(OC)c1.I. The number of benzene rings is 1. The van der Waals surface area contributed by atoms with Crippen LogP contribution in [0.15, 0.2) is 33.8 Å². The minimum Gasteiger partial charge on any atom is -0.497 e. The van der Waals surface area contributed by atoms with Gasteiger partial charge in [0, 0.05) is 32.0 Å². The molecule has 9 heteroatoms. The van der Waals surface area contributed by atoms with Crippen molar-refractivity contribution in [1.82, 2.24) is 20.8 Å². The first-order valence-corrected chi connectivity index (χ1v) is 9.09. The second-order valence-corrected chi connectivity index (χ2v) is 6.44. The van der Waals surface area contributed by atoms with Crippen LogP contribution in [0.5, 0.6) is 11.5 Å². The largest absolute Gasteiger partial charge is 0.497 e. The standard InChI is InChI=1S/C19H29N5O3.HI/c1-13(2)18-23-17(27-24-18)9-10-21-19(20-4)22-12-14(3)26-16-8-6-7-15(11-16)25-5;/h6-8,11,13-14H,9-10,12H2,1-5H3,(H2,20,21,22);1H. The number of hydrogen-bond donors (Lipinski definition) is 2. The summed E-state index contributed by atoms with van der Waals surface area (Å²) < 4.78 is 16.3. The molecule has 0 fully saturated rings. The van der Waals surface area contributed by atoms with Crippen molar-refractivity contribution in [2.24, 2.45) is 4.99 Å². The number of guanidine groups is 1. The van der Waals surface area contributed by atoms with Gasteiger partial charge in [-0.05, 0) is 19.1 Å². The molecule has 1 aromatic carbocycles. The highest BCUT2D eigenvalue weighted by atomic mass is 127. The number of aromatic nitrogens is 2. The molecule has 0 saturated carbocycles. The number of methoxy groups -OCH3 is 1. The number of ether oxygens (including phenoxy) is 2. The highest BCUT2D eigenvalue weighted by Crippen LogP contribution is 2.19. The highest BCUT2D eigenvalue weighted by Gasteiger charge is 2.10. The zero-order valence-electron chi connectivity index (χ0n) is 17.1. The summed E-state index contributed by atoms with van der Waals surface area (Å²) in [5.41, 5.74) is 0. The van der Waals surface area contributed by atoms with Crippen molar-refractivity contribution < 1.29 is 14.0 Å². The Balaban J connectivity index is 0.00000392. The molecule has 0 bridgehead atoms. The summed E-state index contributed by atoms with van der Waals surface area (Å²) in [5, 5.41) is 10.4. The zero-order valence-corrected chi connectivity index (χ0v) is 19.4. The molecule has 0 aliphatic heterocycles. The van der Waals surface area contributed by atoms with Crippen LogP contribution in [0.3, 0.4) is 0 Å². The summed E-state index contributed by atoms with van der Waals surface area (Å²) in [7, 11) is 3.37. The molecule has 2 aromatic rings. The quantitative estimate of drug-likeness (QED) is 0.309. The molecule has 0 radical (unpaired) electrons. The van der Waals surface area contributed by atoms with Crippen molar-refractivity contribution >= 4 is 29.9 Å². The van der Waals surface area contributed by atoms with Gasteiger partial charge in [0.1, 0.15) is 17.6 Å². The molecule has 0 amide bonds. The van der Waals surface area contributed by atoms with E-state index in [-0.39, 0.29) is 36.0 Å². The van der Waals surface area contributed by atoms with Gasteiger partial charge in [-0.3, -0.25) is 4.99 Å². The monoisotopic (exact) mass is 503 g/mol. The van der Waals surface area contributed by atoms with Crippen molar-refractivity contribution in [3.05, 3.63) is 36.0 Å². The van der Waals surface area contributed by atoms with Gasteiger partial charge in [-0.2, -0.15) is 4.98 Å². The minimum atomic E-state index is -0.0415. The third-order valence-electron chi connectivity index (χ3n) is 3.79. The van der Waals surface area contributed by atoms with E-state index in [9.17, 15) is 0 Å². The Morgan fingerprint density at radius 2 is 1.96 bits per heavy atom.